The third-order valence-corrected chi connectivity index (χ3v) is 4.08. The van der Waals surface area contributed by atoms with Crippen LogP contribution in [0.2, 0.25) is 0 Å². The average Bonchev–Trinajstić information content (AvgIpc) is 2.81. The fraction of sp³-hybridized carbons (Fsp3) is 0.154. The second-order valence-corrected chi connectivity index (χ2v) is 6.15. The summed E-state index contributed by atoms with van der Waals surface area (Å²) in [5.74, 6) is 0. The van der Waals surface area contributed by atoms with Gasteiger partial charge in [0.15, 0.2) is 0 Å². The van der Waals surface area contributed by atoms with Crippen LogP contribution in [0, 0.1) is 0 Å². The Labute approximate surface area is 125 Å². The van der Waals surface area contributed by atoms with Gasteiger partial charge in [-0.05, 0) is 40.6 Å². The molecule has 2 aromatic rings. The van der Waals surface area contributed by atoms with Gasteiger partial charge >= 0.3 is 0 Å². The lowest BCUT2D eigenvalue weighted by Gasteiger charge is -2.22. The summed E-state index contributed by atoms with van der Waals surface area (Å²) in [4.78, 5) is 2.58. The summed E-state index contributed by atoms with van der Waals surface area (Å²) in [6.45, 7) is 0.843. The van der Waals surface area contributed by atoms with E-state index in [1.165, 1.54) is 5.56 Å². The Kier molecular flexibility index (Phi) is 4.37. The number of rotatable bonds is 4. The molecule has 1 heterocycles. The smallest absolute Gasteiger partial charge is 0.106 e. The van der Waals surface area contributed by atoms with Crippen molar-refractivity contribution >= 4 is 50.2 Å². The average molecular weight is 341 g/mol. The van der Waals surface area contributed by atoms with Gasteiger partial charge in [-0.3, -0.25) is 0 Å². The van der Waals surface area contributed by atoms with E-state index in [0.29, 0.717) is 4.99 Å². The van der Waals surface area contributed by atoms with Gasteiger partial charge in [0.1, 0.15) is 4.99 Å². The van der Waals surface area contributed by atoms with Gasteiger partial charge in [-0.1, -0.05) is 28.1 Å². The molecule has 0 saturated heterocycles. The van der Waals surface area contributed by atoms with Gasteiger partial charge < -0.3 is 10.6 Å². The third kappa shape index (κ3) is 3.10. The molecular formula is C13H13BrN2S2. The van der Waals surface area contributed by atoms with Crippen LogP contribution in [0.5, 0.6) is 0 Å². The summed E-state index contributed by atoms with van der Waals surface area (Å²) < 4.78 is 1.02. The van der Waals surface area contributed by atoms with Crippen LogP contribution in [0.1, 0.15) is 11.1 Å². The maximum atomic E-state index is 5.77. The molecule has 0 atom stereocenters. The summed E-state index contributed by atoms with van der Waals surface area (Å²) >= 11 is 10.3. The van der Waals surface area contributed by atoms with Gasteiger partial charge in [0, 0.05) is 29.3 Å². The Morgan fingerprint density at radius 2 is 2.22 bits per heavy atom. The predicted octanol–water partition coefficient (Wildman–Crippen LogP) is 3.78. The summed E-state index contributed by atoms with van der Waals surface area (Å²) in [7, 11) is 2.04. The molecule has 2 N–H and O–H groups in total. The Bertz CT molecular complexity index is 552. The summed E-state index contributed by atoms with van der Waals surface area (Å²) in [5.41, 5.74) is 9.01. The highest BCUT2D eigenvalue weighted by atomic mass is 79.9. The van der Waals surface area contributed by atoms with Gasteiger partial charge in [0.2, 0.25) is 0 Å². The van der Waals surface area contributed by atoms with Crippen molar-refractivity contribution in [1.82, 2.24) is 0 Å². The highest BCUT2D eigenvalue weighted by Gasteiger charge is 2.11. The number of halogens is 1. The SMILES string of the molecule is CN(Cc1ccsc1)c1cc(Br)ccc1C(N)=S. The van der Waals surface area contributed by atoms with E-state index in [-0.39, 0.29) is 0 Å². The maximum absolute atomic E-state index is 5.77. The van der Waals surface area contributed by atoms with Crippen LogP contribution < -0.4 is 10.6 Å². The highest BCUT2D eigenvalue weighted by Crippen LogP contribution is 2.26. The standard InChI is InChI=1S/C13H13BrN2S2/c1-16(7-9-4-5-18-8-9)12-6-10(14)2-3-11(12)13(15)17/h2-6,8H,7H2,1H3,(H2,15,17). The van der Waals surface area contributed by atoms with E-state index < -0.39 is 0 Å². The van der Waals surface area contributed by atoms with Gasteiger partial charge in [-0.25, -0.2) is 0 Å². The van der Waals surface area contributed by atoms with Crippen molar-refractivity contribution in [3.63, 3.8) is 0 Å². The van der Waals surface area contributed by atoms with Crippen molar-refractivity contribution in [3.8, 4) is 0 Å². The first-order valence-electron chi connectivity index (χ1n) is 5.39. The van der Waals surface area contributed by atoms with E-state index in [2.05, 4.69) is 37.7 Å². The third-order valence-electron chi connectivity index (χ3n) is 2.64. The lowest BCUT2D eigenvalue weighted by molar-refractivity contribution is 0.926. The molecule has 0 bridgehead atoms. The van der Waals surface area contributed by atoms with Crippen molar-refractivity contribution in [2.45, 2.75) is 6.54 Å². The number of thiophene rings is 1. The fourth-order valence-electron chi connectivity index (χ4n) is 1.77. The zero-order valence-electron chi connectivity index (χ0n) is 9.89. The molecule has 2 rings (SSSR count). The Morgan fingerprint density at radius 3 is 2.83 bits per heavy atom. The zero-order chi connectivity index (χ0) is 13.1. The van der Waals surface area contributed by atoms with Crippen LogP contribution in [0.3, 0.4) is 0 Å². The van der Waals surface area contributed by atoms with Gasteiger partial charge in [0.25, 0.3) is 0 Å². The molecule has 0 amide bonds. The molecule has 0 aliphatic carbocycles. The first kappa shape index (κ1) is 13.5. The predicted molar refractivity (Wildman–Crippen MR) is 86.5 cm³/mol. The summed E-state index contributed by atoms with van der Waals surface area (Å²) in [5, 5.41) is 4.23. The van der Waals surface area contributed by atoms with Gasteiger partial charge in [-0.2, -0.15) is 11.3 Å². The molecule has 5 heteroatoms. The lowest BCUT2D eigenvalue weighted by atomic mass is 10.1. The number of benzene rings is 1. The van der Waals surface area contributed by atoms with Crippen LogP contribution in [-0.2, 0) is 6.54 Å². The zero-order valence-corrected chi connectivity index (χ0v) is 13.1. The molecule has 0 aliphatic heterocycles. The van der Waals surface area contributed by atoms with Crippen molar-refractivity contribution in [3.05, 3.63) is 50.6 Å². The first-order chi connectivity index (χ1) is 8.58. The second-order valence-electron chi connectivity index (χ2n) is 4.01. The van der Waals surface area contributed by atoms with Crippen molar-refractivity contribution < 1.29 is 0 Å². The topological polar surface area (TPSA) is 29.3 Å². The first-order valence-corrected chi connectivity index (χ1v) is 7.54. The maximum Gasteiger partial charge on any atom is 0.106 e. The van der Waals surface area contributed by atoms with Crippen LogP contribution in [-0.4, -0.2) is 12.0 Å². The fourth-order valence-corrected chi connectivity index (χ4v) is 2.95. The molecule has 94 valence electrons. The molecule has 0 spiro atoms. The van der Waals surface area contributed by atoms with E-state index in [1.807, 2.05) is 25.2 Å². The summed E-state index contributed by atoms with van der Waals surface area (Å²) in [6.07, 6.45) is 0. The van der Waals surface area contributed by atoms with E-state index in [9.17, 15) is 0 Å². The van der Waals surface area contributed by atoms with Crippen LogP contribution >= 0.6 is 39.5 Å². The highest BCUT2D eigenvalue weighted by molar-refractivity contribution is 9.10. The Balaban J connectivity index is 2.31. The summed E-state index contributed by atoms with van der Waals surface area (Å²) in [6, 6.07) is 8.07. The van der Waals surface area contributed by atoms with Crippen molar-refractivity contribution in [2.75, 3.05) is 11.9 Å². The lowest BCUT2D eigenvalue weighted by Crippen LogP contribution is -2.21. The van der Waals surface area contributed by atoms with E-state index in [1.54, 1.807) is 11.3 Å². The van der Waals surface area contributed by atoms with Gasteiger partial charge in [-0.15, -0.1) is 0 Å². The molecular weight excluding hydrogens is 328 g/mol. The van der Waals surface area contributed by atoms with Crippen LogP contribution in [0.25, 0.3) is 0 Å². The normalized spacial score (nSPS) is 10.3. The van der Waals surface area contributed by atoms with Gasteiger partial charge in [0.05, 0.1) is 0 Å². The molecule has 0 radical (unpaired) electrons. The number of nitrogens with zero attached hydrogens (tertiary/aromatic N) is 1. The number of nitrogens with two attached hydrogens (primary N) is 1. The molecule has 2 nitrogen and oxygen atoms in total. The number of hydrogen-bond donors (Lipinski definition) is 1. The van der Waals surface area contributed by atoms with E-state index in [0.717, 1.165) is 22.3 Å². The van der Waals surface area contributed by atoms with Crippen molar-refractivity contribution in [2.24, 2.45) is 5.73 Å². The molecule has 18 heavy (non-hydrogen) atoms. The molecule has 1 aromatic carbocycles. The molecule has 0 unspecified atom stereocenters. The van der Waals surface area contributed by atoms with Crippen LogP contribution in [0.15, 0.2) is 39.5 Å². The minimum absolute atomic E-state index is 0.426. The van der Waals surface area contributed by atoms with E-state index >= 15 is 0 Å². The monoisotopic (exact) mass is 340 g/mol. The molecule has 1 aromatic heterocycles. The minimum atomic E-state index is 0.426. The Morgan fingerprint density at radius 1 is 1.44 bits per heavy atom. The number of hydrogen-bond acceptors (Lipinski definition) is 3. The second kappa shape index (κ2) is 5.82. The van der Waals surface area contributed by atoms with Crippen LogP contribution in [0.4, 0.5) is 5.69 Å². The Hall–Kier alpha value is -0.910. The number of anilines is 1. The molecule has 0 fully saturated rings. The quantitative estimate of drug-likeness (QED) is 0.858. The van der Waals surface area contributed by atoms with Crippen molar-refractivity contribution in [1.29, 1.82) is 0 Å². The molecule has 0 aliphatic rings. The molecule has 0 saturated carbocycles. The minimum Gasteiger partial charge on any atom is -0.389 e. The van der Waals surface area contributed by atoms with E-state index in [4.69, 9.17) is 18.0 Å². The number of thiocarbonyl (C=S) groups is 1. The largest absolute Gasteiger partial charge is 0.389 e.